The Balaban J connectivity index is 1.81. The van der Waals surface area contributed by atoms with E-state index in [4.69, 9.17) is 21.3 Å². The summed E-state index contributed by atoms with van der Waals surface area (Å²) in [6, 6.07) is 0. The Morgan fingerprint density at radius 3 is 2.75 bits per heavy atom. The van der Waals surface area contributed by atoms with Crippen molar-refractivity contribution >= 4 is 22.8 Å². The maximum atomic E-state index is 6.12. The van der Waals surface area contributed by atoms with Crippen LogP contribution in [0.2, 0.25) is 5.28 Å². The Hall–Kier alpha value is -1.20. The third kappa shape index (κ3) is 1.40. The summed E-state index contributed by atoms with van der Waals surface area (Å²) in [6.45, 7) is 1.55. The molecule has 5 nitrogen and oxygen atoms in total. The molecule has 0 aromatic carbocycles. The number of halogens is 1. The Morgan fingerprint density at radius 2 is 2.05 bits per heavy atom. The fourth-order valence-corrected chi connectivity index (χ4v) is 3.63. The van der Waals surface area contributed by atoms with Crippen molar-refractivity contribution in [3.8, 4) is 0 Å². The van der Waals surface area contributed by atoms with Gasteiger partial charge in [0.15, 0.2) is 5.65 Å². The van der Waals surface area contributed by atoms with E-state index in [0.29, 0.717) is 11.2 Å². The van der Waals surface area contributed by atoms with Gasteiger partial charge in [0.25, 0.3) is 0 Å². The molecule has 2 aliphatic carbocycles. The number of imidazole rings is 1. The highest BCUT2D eigenvalue weighted by Crippen LogP contribution is 2.48. The zero-order chi connectivity index (χ0) is 13.3. The lowest BCUT2D eigenvalue weighted by Crippen LogP contribution is -2.44. The number of nitrogens with zero attached hydrogens (tertiary/aromatic N) is 4. The van der Waals surface area contributed by atoms with Crippen molar-refractivity contribution in [2.75, 3.05) is 6.61 Å². The van der Waals surface area contributed by atoms with Gasteiger partial charge in [0.05, 0.1) is 12.3 Å². The van der Waals surface area contributed by atoms with Crippen molar-refractivity contribution in [3.63, 3.8) is 0 Å². The Bertz CT molecular complexity index is 718. The molecule has 1 aliphatic heterocycles. The third-order valence-corrected chi connectivity index (χ3v) is 4.99. The molecule has 0 N–H and O–H groups in total. The molecule has 0 radical (unpaired) electrons. The predicted molar refractivity (Wildman–Crippen MR) is 73.8 cm³/mol. The van der Waals surface area contributed by atoms with Gasteiger partial charge in [-0.05, 0) is 43.7 Å². The number of ether oxygens (including phenoxy) is 1. The van der Waals surface area contributed by atoms with E-state index in [0.717, 1.165) is 48.7 Å². The second-order valence-electron chi connectivity index (χ2n) is 6.11. The summed E-state index contributed by atoms with van der Waals surface area (Å²) in [5.74, 6) is 1.57. The maximum Gasteiger partial charge on any atom is 0.224 e. The van der Waals surface area contributed by atoms with E-state index in [1.807, 2.05) is 0 Å². The van der Waals surface area contributed by atoms with Crippen molar-refractivity contribution in [2.45, 2.75) is 50.2 Å². The Labute approximate surface area is 121 Å². The number of rotatable bonds is 1. The summed E-state index contributed by atoms with van der Waals surface area (Å²) in [5.41, 5.74) is 2.73. The monoisotopic (exact) mass is 290 g/mol. The minimum atomic E-state index is -0.160. The lowest BCUT2D eigenvalue weighted by molar-refractivity contribution is -0.131. The highest BCUT2D eigenvalue weighted by molar-refractivity contribution is 6.28. The molecule has 0 saturated heterocycles. The Kier molecular flexibility index (Phi) is 2.13. The number of aromatic nitrogens is 4. The van der Waals surface area contributed by atoms with E-state index >= 15 is 0 Å². The zero-order valence-electron chi connectivity index (χ0n) is 11.1. The number of fused-ring (bicyclic) bond motifs is 4. The van der Waals surface area contributed by atoms with E-state index in [-0.39, 0.29) is 5.60 Å². The van der Waals surface area contributed by atoms with Gasteiger partial charge in [-0.15, -0.1) is 0 Å². The maximum absolute atomic E-state index is 6.12. The molecule has 0 amide bonds. The van der Waals surface area contributed by atoms with Crippen molar-refractivity contribution < 1.29 is 4.74 Å². The first kappa shape index (κ1) is 11.5. The van der Waals surface area contributed by atoms with E-state index in [1.54, 1.807) is 0 Å². The molecule has 2 saturated carbocycles. The molecule has 104 valence electrons. The van der Waals surface area contributed by atoms with E-state index in [9.17, 15) is 0 Å². The summed E-state index contributed by atoms with van der Waals surface area (Å²) < 4.78 is 8.24. The van der Waals surface area contributed by atoms with Crippen LogP contribution in [0, 0.1) is 0 Å². The van der Waals surface area contributed by atoms with Gasteiger partial charge in [0, 0.05) is 12.5 Å². The van der Waals surface area contributed by atoms with Gasteiger partial charge in [-0.1, -0.05) is 0 Å². The topological polar surface area (TPSA) is 52.8 Å². The van der Waals surface area contributed by atoms with E-state index in [2.05, 4.69) is 14.5 Å². The standard InChI is InChI=1S/C14H15ClN4O/c15-13-17-9(8-2-3-8)10-11(18-13)19-6-7-20-14(4-1-5-14)12(19)16-10/h8H,1-7H2. The lowest BCUT2D eigenvalue weighted by Gasteiger charge is -2.43. The van der Waals surface area contributed by atoms with Crippen LogP contribution in [-0.2, 0) is 16.9 Å². The smallest absolute Gasteiger partial charge is 0.224 e. The van der Waals surface area contributed by atoms with Crippen LogP contribution in [0.4, 0.5) is 0 Å². The first-order valence-corrected chi connectivity index (χ1v) is 7.73. The van der Waals surface area contributed by atoms with Gasteiger partial charge in [0.1, 0.15) is 16.9 Å². The fourth-order valence-electron chi connectivity index (χ4n) is 3.46. The minimum Gasteiger partial charge on any atom is -0.365 e. The second-order valence-corrected chi connectivity index (χ2v) is 6.45. The first-order valence-electron chi connectivity index (χ1n) is 7.35. The van der Waals surface area contributed by atoms with E-state index < -0.39 is 0 Å². The molecule has 3 heterocycles. The van der Waals surface area contributed by atoms with Gasteiger partial charge >= 0.3 is 0 Å². The largest absolute Gasteiger partial charge is 0.365 e. The van der Waals surface area contributed by atoms with Crippen molar-refractivity contribution in [3.05, 3.63) is 16.8 Å². The molecule has 5 rings (SSSR count). The molecule has 2 fully saturated rings. The highest BCUT2D eigenvalue weighted by atomic mass is 35.5. The zero-order valence-corrected chi connectivity index (χ0v) is 11.9. The van der Waals surface area contributed by atoms with E-state index in [1.165, 1.54) is 19.3 Å². The molecule has 0 atom stereocenters. The molecule has 0 bridgehead atoms. The SMILES string of the molecule is Clc1nc(C2CC2)c2nc3n(c2n1)CCOC31CCC1. The molecule has 6 heteroatoms. The summed E-state index contributed by atoms with van der Waals surface area (Å²) in [7, 11) is 0. The molecule has 2 aromatic heterocycles. The van der Waals surface area contributed by atoms with Gasteiger partial charge in [0.2, 0.25) is 5.28 Å². The molecule has 20 heavy (non-hydrogen) atoms. The molecule has 1 spiro atoms. The fraction of sp³-hybridized carbons (Fsp3) is 0.643. The van der Waals surface area contributed by atoms with Crippen molar-refractivity contribution in [2.24, 2.45) is 0 Å². The molecular weight excluding hydrogens is 276 g/mol. The quantitative estimate of drug-likeness (QED) is 0.758. The highest BCUT2D eigenvalue weighted by Gasteiger charge is 2.46. The van der Waals surface area contributed by atoms with Crippen LogP contribution in [0.5, 0.6) is 0 Å². The molecule has 2 aromatic rings. The van der Waals surface area contributed by atoms with Crippen LogP contribution in [0.3, 0.4) is 0 Å². The van der Waals surface area contributed by atoms with Gasteiger partial charge in [-0.3, -0.25) is 0 Å². The number of hydrogen-bond acceptors (Lipinski definition) is 4. The second kappa shape index (κ2) is 3.71. The molecular formula is C14H15ClN4O. The first-order chi connectivity index (χ1) is 9.77. The average Bonchev–Trinajstić information content (AvgIpc) is 3.17. The normalized spacial score (nSPS) is 23.9. The van der Waals surface area contributed by atoms with Gasteiger partial charge < -0.3 is 9.30 Å². The van der Waals surface area contributed by atoms with Crippen LogP contribution >= 0.6 is 11.6 Å². The van der Waals surface area contributed by atoms with Crippen molar-refractivity contribution in [1.82, 2.24) is 19.5 Å². The van der Waals surface area contributed by atoms with Gasteiger partial charge in [-0.2, -0.15) is 4.98 Å². The minimum absolute atomic E-state index is 0.160. The third-order valence-electron chi connectivity index (χ3n) is 4.82. The van der Waals surface area contributed by atoms with Crippen molar-refractivity contribution in [1.29, 1.82) is 0 Å². The van der Waals surface area contributed by atoms with Crippen LogP contribution < -0.4 is 0 Å². The predicted octanol–water partition coefficient (Wildman–Crippen LogP) is 2.77. The molecule has 0 unspecified atom stereocenters. The lowest BCUT2D eigenvalue weighted by atomic mass is 9.78. The summed E-state index contributed by atoms with van der Waals surface area (Å²) in [4.78, 5) is 13.8. The average molecular weight is 291 g/mol. The summed E-state index contributed by atoms with van der Waals surface area (Å²) >= 11 is 6.12. The summed E-state index contributed by atoms with van der Waals surface area (Å²) in [5, 5.41) is 0.344. The van der Waals surface area contributed by atoms with Gasteiger partial charge in [-0.25, -0.2) is 9.97 Å². The number of hydrogen-bond donors (Lipinski definition) is 0. The Morgan fingerprint density at radius 1 is 1.20 bits per heavy atom. The van der Waals surface area contributed by atoms with Crippen LogP contribution in [-0.4, -0.2) is 26.1 Å². The van der Waals surface area contributed by atoms with Crippen LogP contribution in [0.25, 0.3) is 11.2 Å². The molecule has 3 aliphatic rings. The van der Waals surface area contributed by atoms with Crippen LogP contribution in [0.1, 0.15) is 49.5 Å². The summed E-state index contributed by atoms with van der Waals surface area (Å²) in [6.07, 6.45) is 5.72. The van der Waals surface area contributed by atoms with Crippen LogP contribution in [0.15, 0.2) is 0 Å².